The van der Waals surface area contributed by atoms with Crippen LogP contribution >= 0.6 is 11.8 Å². The number of aliphatic hydroxyl groups is 1. The summed E-state index contributed by atoms with van der Waals surface area (Å²) in [6.07, 6.45) is 3.73. The Balaban J connectivity index is 2.34. The highest BCUT2D eigenvalue weighted by Crippen LogP contribution is 2.33. The van der Waals surface area contributed by atoms with E-state index in [2.05, 4.69) is 12.2 Å². The molecule has 0 aromatic heterocycles. The minimum absolute atomic E-state index is 0.192. The smallest absolute Gasteiger partial charge is 0.0628 e. The molecule has 1 fully saturated rings. The van der Waals surface area contributed by atoms with Gasteiger partial charge in [-0.3, -0.25) is 0 Å². The third-order valence-electron chi connectivity index (χ3n) is 2.89. The van der Waals surface area contributed by atoms with Gasteiger partial charge in [-0.2, -0.15) is 11.8 Å². The molecule has 4 atom stereocenters. The molecule has 1 aliphatic rings. The molecule has 2 nitrogen and oxygen atoms in total. The molecule has 3 heteroatoms. The van der Waals surface area contributed by atoms with Crippen LogP contribution in [0.3, 0.4) is 0 Å². The van der Waals surface area contributed by atoms with Gasteiger partial charge in [-0.05, 0) is 26.8 Å². The maximum atomic E-state index is 9.40. The van der Waals surface area contributed by atoms with Crippen LogP contribution < -0.4 is 5.32 Å². The van der Waals surface area contributed by atoms with Gasteiger partial charge >= 0.3 is 0 Å². The summed E-state index contributed by atoms with van der Waals surface area (Å²) in [6.45, 7) is 3.99. The Hall–Kier alpha value is 0.270. The number of hydrogen-bond acceptors (Lipinski definition) is 3. The molecular formula is C10H21NOS. The standard InChI is InChI=1S/C10H21NOS/c1-7(12)8(2)13-10-6-4-5-9(10)11-3/h7-12H,4-6H2,1-3H3. The first-order valence-corrected chi connectivity index (χ1v) is 6.10. The number of thioether (sulfide) groups is 1. The van der Waals surface area contributed by atoms with Gasteiger partial charge in [0.25, 0.3) is 0 Å². The zero-order valence-electron chi connectivity index (χ0n) is 8.79. The van der Waals surface area contributed by atoms with Crippen LogP contribution in [0.5, 0.6) is 0 Å². The van der Waals surface area contributed by atoms with E-state index in [1.54, 1.807) is 0 Å². The predicted octanol–water partition coefficient (Wildman–Crippen LogP) is 1.63. The summed E-state index contributed by atoms with van der Waals surface area (Å²) < 4.78 is 0. The van der Waals surface area contributed by atoms with Crippen LogP contribution in [0, 0.1) is 0 Å². The van der Waals surface area contributed by atoms with Crippen molar-refractivity contribution >= 4 is 11.8 Å². The quantitative estimate of drug-likeness (QED) is 0.728. The van der Waals surface area contributed by atoms with Crippen molar-refractivity contribution in [3.63, 3.8) is 0 Å². The molecule has 13 heavy (non-hydrogen) atoms. The molecule has 0 radical (unpaired) electrons. The van der Waals surface area contributed by atoms with Crippen LogP contribution in [0.1, 0.15) is 33.1 Å². The van der Waals surface area contributed by atoms with Crippen molar-refractivity contribution < 1.29 is 5.11 Å². The van der Waals surface area contributed by atoms with Crippen molar-refractivity contribution in [1.82, 2.24) is 5.32 Å². The van der Waals surface area contributed by atoms with Gasteiger partial charge in [-0.15, -0.1) is 0 Å². The zero-order valence-corrected chi connectivity index (χ0v) is 9.60. The number of nitrogens with one attached hydrogen (secondary N) is 1. The van der Waals surface area contributed by atoms with Crippen molar-refractivity contribution in [2.24, 2.45) is 0 Å². The lowest BCUT2D eigenvalue weighted by Gasteiger charge is -2.23. The monoisotopic (exact) mass is 203 g/mol. The third kappa shape index (κ3) is 3.15. The average Bonchev–Trinajstić information content (AvgIpc) is 2.51. The highest BCUT2D eigenvalue weighted by atomic mass is 32.2. The maximum absolute atomic E-state index is 9.40. The summed E-state index contributed by atoms with van der Waals surface area (Å²) in [5.74, 6) is 0. The minimum atomic E-state index is -0.192. The van der Waals surface area contributed by atoms with Gasteiger partial charge in [-0.25, -0.2) is 0 Å². The molecule has 0 bridgehead atoms. The van der Waals surface area contributed by atoms with Crippen LogP contribution in [0.2, 0.25) is 0 Å². The van der Waals surface area contributed by atoms with Crippen LogP contribution in [-0.4, -0.2) is 34.8 Å². The Kier molecular flexibility index (Phi) is 4.56. The van der Waals surface area contributed by atoms with Crippen molar-refractivity contribution in [1.29, 1.82) is 0 Å². The van der Waals surface area contributed by atoms with Crippen molar-refractivity contribution in [3.05, 3.63) is 0 Å². The summed E-state index contributed by atoms with van der Waals surface area (Å²) in [6, 6.07) is 0.659. The SMILES string of the molecule is CNC1CCCC1SC(C)C(C)O. The van der Waals surface area contributed by atoms with E-state index in [1.165, 1.54) is 19.3 Å². The summed E-state index contributed by atoms with van der Waals surface area (Å²) in [5, 5.41) is 13.8. The molecular weight excluding hydrogens is 182 g/mol. The van der Waals surface area contributed by atoms with Gasteiger partial charge in [-0.1, -0.05) is 13.3 Å². The highest BCUT2D eigenvalue weighted by molar-refractivity contribution is 8.00. The first-order valence-electron chi connectivity index (χ1n) is 5.16. The first-order chi connectivity index (χ1) is 6.15. The summed E-state index contributed by atoms with van der Waals surface area (Å²) in [7, 11) is 2.04. The Morgan fingerprint density at radius 1 is 1.38 bits per heavy atom. The fraction of sp³-hybridized carbons (Fsp3) is 1.00. The Bertz CT molecular complexity index is 152. The molecule has 0 aromatic rings. The summed E-state index contributed by atoms with van der Waals surface area (Å²) >= 11 is 1.94. The average molecular weight is 203 g/mol. The van der Waals surface area contributed by atoms with Crippen molar-refractivity contribution in [2.75, 3.05) is 7.05 Å². The number of hydrogen-bond donors (Lipinski definition) is 2. The fourth-order valence-corrected chi connectivity index (χ4v) is 3.35. The molecule has 0 aromatic carbocycles. The van der Waals surface area contributed by atoms with Crippen LogP contribution in [0.25, 0.3) is 0 Å². The van der Waals surface area contributed by atoms with Gasteiger partial charge in [0.2, 0.25) is 0 Å². The molecule has 0 heterocycles. The lowest BCUT2D eigenvalue weighted by molar-refractivity contribution is 0.196. The normalized spacial score (nSPS) is 33.2. The number of aliphatic hydroxyl groups excluding tert-OH is 1. The molecule has 0 spiro atoms. The van der Waals surface area contributed by atoms with Gasteiger partial charge in [0, 0.05) is 16.5 Å². The van der Waals surface area contributed by atoms with E-state index in [0.29, 0.717) is 16.5 Å². The van der Waals surface area contributed by atoms with E-state index >= 15 is 0 Å². The van der Waals surface area contributed by atoms with Gasteiger partial charge < -0.3 is 10.4 Å². The molecule has 78 valence electrons. The van der Waals surface area contributed by atoms with E-state index in [0.717, 1.165) is 0 Å². The summed E-state index contributed by atoms with van der Waals surface area (Å²) in [4.78, 5) is 0. The molecule has 1 aliphatic carbocycles. The first kappa shape index (κ1) is 11.3. The second-order valence-electron chi connectivity index (χ2n) is 3.95. The van der Waals surface area contributed by atoms with E-state index < -0.39 is 0 Å². The van der Waals surface area contributed by atoms with E-state index in [-0.39, 0.29) is 6.10 Å². The van der Waals surface area contributed by atoms with E-state index in [9.17, 15) is 5.11 Å². The molecule has 1 rings (SSSR count). The zero-order chi connectivity index (χ0) is 9.84. The molecule has 0 aliphatic heterocycles. The third-order valence-corrected chi connectivity index (χ3v) is 4.63. The van der Waals surface area contributed by atoms with E-state index in [4.69, 9.17) is 0 Å². The Morgan fingerprint density at radius 2 is 2.08 bits per heavy atom. The van der Waals surface area contributed by atoms with Crippen LogP contribution in [0.15, 0.2) is 0 Å². The predicted molar refractivity (Wildman–Crippen MR) is 59.2 cm³/mol. The number of rotatable bonds is 4. The van der Waals surface area contributed by atoms with Crippen LogP contribution in [-0.2, 0) is 0 Å². The second kappa shape index (κ2) is 5.23. The highest BCUT2D eigenvalue weighted by Gasteiger charge is 2.28. The van der Waals surface area contributed by atoms with Crippen molar-refractivity contribution in [2.45, 2.75) is 55.8 Å². The summed E-state index contributed by atoms with van der Waals surface area (Å²) in [5.41, 5.74) is 0. The lowest BCUT2D eigenvalue weighted by atomic mass is 10.2. The molecule has 2 N–H and O–H groups in total. The van der Waals surface area contributed by atoms with Crippen LogP contribution in [0.4, 0.5) is 0 Å². The lowest BCUT2D eigenvalue weighted by Crippen LogP contribution is -2.33. The minimum Gasteiger partial charge on any atom is -0.392 e. The van der Waals surface area contributed by atoms with Gasteiger partial charge in [0.15, 0.2) is 0 Å². The molecule has 0 saturated heterocycles. The maximum Gasteiger partial charge on any atom is 0.0628 e. The largest absolute Gasteiger partial charge is 0.392 e. The fourth-order valence-electron chi connectivity index (χ4n) is 1.81. The van der Waals surface area contributed by atoms with Gasteiger partial charge in [0.1, 0.15) is 0 Å². The molecule has 0 amide bonds. The second-order valence-corrected chi connectivity index (χ2v) is 5.57. The van der Waals surface area contributed by atoms with Crippen molar-refractivity contribution in [3.8, 4) is 0 Å². The topological polar surface area (TPSA) is 32.3 Å². The Labute approximate surface area is 85.5 Å². The van der Waals surface area contributed by atoms with E-state index in [1.807, 2.05) is 25.7 Å². The molecule has 4 unspecified atom stereocenters. The Morgan fingerprint density at radius 3 is 2.62 bits per heavy atom. The molecule has 1 saturated carbocycles. The van der Waals surface area contributed by atoms with Gasteiger partial charge in [0.05, 0.1) is 6.10 Å².